The molecule has 0 saturated heterocycles. The second-order valence-corrected chi connectivity index (χ2v) is 6.99. The molecule has 1 N–H and O–H groups in total. The highest BCUT2D eigenvalue weighted by Gasteiger charge is 2.34. The molecule has 8 heteroatoms. The molecule has 1 aliphatic carbocycles. The molecule has 1 aliphatic rings. The van der Waals surface area contributed by atoms with Crippen molar-refractivity contribution in [2.24, 2.45) is 0 Å². The summed E-state index contributed by atoms with van der Waals surface area (Å²) in [6.07, 6.45) is 3.54. The van der Waals surface area contributed by atoms with Crippen LogP contribution in [0.3, 0.4) is 0 Å². The van der Waals surface area contributed by atoms with Gasteiger partial charge in [0, 0.05) is 11.1 Å². The first-order chi connectivity index (χ1) is 12.5. The van der Waals surface area contributed by atoms with Crippen LogP contribution in [0.25, 0.3) is 16.8 Å². The predicted octanol–water partition coefficient (Wildman–Crippen LogP) is 4.05. The number of carbonyl (C=O) groups excluding carboxylic acids is 1. The van der Waals surface area contributed by atoms with Crippen molar-refractivity contribution in [1.29, 1.82) is 0 Å². The van der Waals surface area contributed by atoms with Crippen molar-refractivity contribution in [1.82, 2.24) is 14.6 Å². The number of aromatic amines is 1. The Hall–Kier alpha value is -2.31. The van der Waals surface area contributed by atoms with E-state index in [0.29, 0.717) is 32.4 Å². The fourth-order valence-corrected chi connectivity index (χ4v) is 3.32. The van der Waals surface area contributed by atoms with Crippen molar-refractivity contribution < 1.29 is 9.53 Å². The van der Waals surface area contributed by atoms with Gasteiger partial charge in [0.25, 0.3) is 5.56 Å². The summed E-state index contributed by atoms with van der Waals surface area (Å²) in [5, 5.41) is 5.16. The lowest BCUT2D eigenvalue weighted by Crippen LogP contribution is -2.12. The fourth-order valence-electron chi connectivity index (χ4n) is 3.02. The zero-order chi connectivity index (χ0) is 18.4. The van der Waals surface area contributed by atoms with Crippen LogP contribution >= 0.6 is 23.2 Å². The van der Waals surface area contributed by atoms with E-state index in [-0.39, 0.29) is 23.8 Å². The summed E-state index contributed by atoms with van der Waals surface area (Å²) in [4.78, 5) is 27.9. The second-order valence-electron chi connectivity index (χ2n) is 6.18. The topological polar surface area (TPSA) is 76.5 Å². The van der Waals surface area contributed by atoms with Crippen LogP contribution in [0, 0.1) is 0 Å². The average Bonchev–Trinajstić information content (AvgIpc) is 3.37. The van der Waals surface area contributed by atoms with E-state index in [1.54, 1.807) is 31.3 Å². The van der Waals surface area contributed by atoms with E-state index >= 15 is 0 Å². The van der Waals surface area contributed by atoms with E-state index in [1.165, 1.54) is 4.52 Å². The molecular weight excluding hydrogens is 377 g/mol. The standard InChI is InChI=1S/C18H15Cl2N3O3/c1-2-26-18(25)15-14(9-3-4-9)16-17(24)21-13(8-23(16)22-15)10-5-6-11(19)12(20)7-10/h5-9H,2-4H2,1H3,(H,21,24). The molecule has 2 heterocycles. The Morgan fingerprint density at radius 3 is 2.77 bits per heavy atom. The van der Waals surface area contributed by atoms with Crippen LogP contribution in [-0.2, 0) is 4.74 Å². The Bertz CT molecular complexity index is 1080. The summed E-state index contributed by atoms with van der Waals surface area (Å²) in [6.45, 7) is 1.99. The molecule has 0 aliphatic heterocycles. The molecule has 0 radical (unpaired) electrons. The first-order valence-corrected chi connectivity index (χ1v) is 9.03. The number of halogens is 2. The zero-order valence-electron chi connectivity index (χ0n) is 13.9. The van der Waals surface area contributed by atoms with E-state index in [4.69, 9.17) is 27.9 Å². The number of nitrogens with one attached hydrogen (secondary N) is 1. The van der Waals surface area contributed by atoms with Crippen molar-refractivity contribution in [2.75, 3.05) is 6.61 Å². The molecule has 1 fully saturated rings. The number of hydrogen-bond donors (Lipinski definition) is 1. The van der Waals surface area contributed by atoms with Crippen LogP contribution in [0.2, 0.25) is 10.0 Å². The molecular formula is C18H15Cl2N3O3. The molecule has 2 aromatic heterocycles. The molecule has 134 valence electrons. The lowest BCUT2D eigenvalue weighted by atomic mass is 10.1. The van der Waals surface area contributed by atoms with E-state index in [0.717, 1.165) is 12.8 Å². The Morgan fingerprint density at radius 1 is 1.35 bits per heavy atom. The Kier molecular flexibility index (Phi) is 4.25. The van der Waals surface area contributed by atoms with Crippen LogP contribution in [-0.4, -0.2) is 27.2 Å². The van der Waals surface area contributed by atoms with Gasteiger partial charge in [0.2, 0.25) is 0 Å². The summed E-state index contributed by atoms with van der Waals surface area (Å²) in [5.41, 5.74) is 2.19. The first-order valence-electron chi connectivity index (χ1n) is 8.27. The van der Waals surface area contributed by atoms with Gasteiger partial charge in [0.1, 0.15) is 5.52 Å². The molecule has 1 aromatic carbocycles. The van der Waals surface area contributed by atoms with Gasteiger partial charge >= 0.3 is 5.97 Å². The van der Waals surface area contributed by atoms with E-state index in [2.05, 4.69) is 10.1 Å². The molecule has 1 saturated carbocycles. The molecule has 0 amide bonds. The maximum Gasteiger partial charge on any atom is 0.359 e. The van der Waals surface area contributed by atoms with E-state index < -0.39 is 5.97 Å². The first kappa shape index (κ1) is 17.1. The van der Waals surface area contributed by atoms with Crippen LogP contribution in [0.5, 0.6) is 0 Å². The quantitative estimate of drug-likeness (QED) is 0.680. The highest BCUT2D eigenvalue weighted by molar-refractivity contribution is 6.42. The molecule has 6 nitrogen and oxygen atoms in total. The summed E-state index contributed by atoms with van der Waals surface area (Å²) in [7, 11) is 0. The number of carbonyl (C=O) groups is 1. The minimum absolute atomic E-state index is 0.170. The van der Waals surface area contributed by atoms with Crippen LogP contribution < -0.4 is 5.56 Å². The maximum atomic E-state index is 12.7. The largest absolute Gasteiger partial charge is 0.461 e. The molecule has 3 aromatic rings. The van der Waals surface area contributed by atoms with Crippen molar-refractivity contribution in [2.45, 2.75) is 25.7 Å². The van der Waals surface area contributed by atoms with Crippen molar-refractivity contribution in [3.63, 3.8) is 0 Å². The molecule has 0 spiro atoms. The third kappa shape index (κ3) is 2.89. The molecule has 4 rings (SSSR count). The predicted molar refractivity (Wildman–Crippen MR) is 99.2 cm³/mol. The van der Waals surface area contributed by atoms with Gasteiger partial charge in [-0.25, -0.2) is 9.31 Å². The number of ether oxygens (including phenoxy) is 1. The van der Waals surface area contributed by atoms with Gasteiger partial charge in [0.05, 0.1) is 28.5 Å². The Morgan fingerprint density at radius 2 is 2.12 bits per heavy atom. The average molecular weight is 392 g/mol. The summed E-state index contributed by atoms with van der Waals surface area (Å²) < 4.78 is 6.56. The Balaban J connectivity index is 1.91. The SMILES string of the molecule is CCOC(=O)c1nn2cc(-c3ccc(Cl)c(Cl)c3)[nH]c(=O)c2c1C1CC1. The third-order valence-electron chi connectivity index (χ3n) is 4.35. The van der Waals surface area contributed by atoms with Gasteiger partial charge < -0.3 is 9.72 Å². The van der Waals surface area contributed by atoms with Crippen molar-refractivity contribution in [3.05, 3.63) is 56.1 Å². The summed E-state index contributed by atoms with van der Waals surface area (Å²) >= 11 is 12.0. The van der Waals surface area contributed by atoms with Crippen LogP contribution in [0.4, 0.5) is 0 Å². The Labute approximate surface area is 158 Å². The highest BCUT2D eigenvalue weighted by Crippen LogP contribution is 2.43. The molecule has 26 heavy (non-hydrogen) atoms. The van der Waals surface area contributed by atoms with Crippen LogP contribution in [0.15, 0.2) is 29.2 Å². The highest BCUT2D eigenvalue weighted by atomic mass is 35.5. The van der Waals surface area contributed by atoms with Gasteiger partial charge in [-0.2, -0.15) is 5.10 Å². The molecule has 0 atom stereocenters. The number of benzene rings is 1. The number of H-pyrrole nitrogens is 1. The second kappa shape index (κ2) is 6.45. The van der Waals surface area contributed by atoms with Gasteiger partial charge in [-0.15, -0.1) is 0 Å². The van der Waals surface area contributed by atoms with Crippen molar-refractivity contribution >= 4 is 34.7 Å². The minimum Gasteiger partial charge on any atom is -0.461 e. The van der Waals surface area contributed by atoms with Crippen molar-refractivity contribution in [3.8, 4) is 11.3 Å². The minimum atomic E-state index is -0.506. The normalized spacial score (nSPS) is 14.0. The number of aromatic nitrogens is 3. The summed E-state index contributed by atoms with van der Waals surface area (Å²) in [6, 6.07) is 5.08. The summed E-state index contributed by atoms with van der Waals surface area (Å²) in [5.74, 6) is -0.336. The van der Waals surface area contributed by atoms with E-state index in [1.807, 2.05) is 0 Å². The molecule has 0 unspecified atom stereocenters. The van der Waals surface area contributed by atoms with E-state index in [9.17, 15) is 9.59 Å². The lowest BCUT2D eigenvalue weighted by molar-refractivity contribution is 0.0517. The van der Waals surface area contributed by atoms with Crippen LogP contribution in [0.1, 0.15) is 41.7 Å². The number of nitrogens with zero attached hydrogens (tertiary/aromatic N) is 2. The molecule has 0 bridgehead atoms. The van der Waals surface area contributed by atoms with Gasteiger partial charge in [-0.3, -0.25) is 4.79 Å². The monoisotopic (exact) mass is 391 g/mol. The number of rotatable bonds is 4. The number of fused-ring (bicyclic) bond motifs is 1. The number of hydrogen-bond acceptors (Lipinski definition) is 4. The fraction of sp³-hybridized carbons (Fsp3) is 0.278. The number of esters is 1. The zero-order valence-corrected chi connectivity index (χ0v) is 15.4. The van der Waals surface area contributed by atoms with Gasteiger partial charge in [-0.05, 0) is 37.8 Å². The third-order valence-corrected chi connectivity index (χ3v) is 5.09. The van der Waals surface area contributed by atoms with Gasteiger partial charge in [0.15, 0.2) is 5.69 Å². The maximum absolute atomic E-state index is 12.7. The lowest BCUT2D eigenvalue weighted by Gasteiger charge is -2.05. The smallest absolute Gasteiger partial charge is 0.359 e. The van der Waals surface area contributed by atoms with Gasteiger partial charge in [-0.1, -0.05) is 29.3 Å².